The van der Waals surface area contributed by atoms with Gasteiger partial charge in [-0.05, 0) is 30.0 Å². The molecule has 33 heavy (non-hydrogen) atoms. The molecule has 166 valence electrons. The van der Waals surface area contributed by atoms with Gasteiger partial charge in [-0.2, -0.15) is 0 Å². The van der Waals surface area contributed by atoms with Gasteiger partial charge in [0.1, 0.15) is 11.5 Å². The Morgan fingerprint density at radius 1 is 1.03 bits per heavy atom. The van der Waals surface area contributed by atoms with Gasteiger partial charge in [-0.1, -0.05) is 29.8 Å². The lowest BCUT2D eigenvalue weighted by molar-refractivity contribution is -0.385. The number of halogens is 1. The van der Waals surface area contributed by atoms with Crippen LogP contribution in [0.5, 0.6) is 0 Å². The third-order valence-corrected chi connectivity index (χ3v) is 5.94. The molecule has 0 N–H and O–H groups in total. The molecule has 1 saturated heterocycles. The molecular formula is C21H12ClN3O7S. The topological polar surface area (TPSA) is 137 Å². The molecule has 1 fully saturated rings. The monoisotopic (exact) mass is 485 g/mol. The Hall–Kier alpha value is -3.96. The second-order valence-electron chi connectivity index (χ2n) is 6.78. The van der Waals surface area contributed by atoms with E-state index in [1.807, 2.05) is 0 Å². The standard InChI is InChI=1S/C21H12ClN3O7S/c22-16-9-13(24(28)29)5-7-15(16)18-8-6-14(32-18)10-19-20(26)23(21(27)33-19)11-12-3-1-2-4-17(12)25(30)31/h1-10H,11H2/b19-10-. The van der Waals surface area contributed by atoms with Crippen LogP contribution in [0.3, 0.4) is 0 Å². The number of para-hydroxylation sites is 1. The lowest BCUT2D eigenvalue weighted by Gasteiger charge is -2.12. The molecule has 0 spiro atoms. The second kappa shape index (κ2) is 8.88. The summed E-state index contributed by atoms with van der Waals surface area (Å²) in [6.07, 6.45) is 1.38. The predicted octanol–water partition coefficient (Wildman–Crippen LogP) is 5.65. The molecular weight excluding hydrogens is 474 g/mol. The van der Waals surface area contributed by atoms with Crippen molar-refractivity contribution in [3.63, 3.8) is 0 Å². The van der Waals surface area contributed by atoms with Crippen LogP contribution < -0.4 is 0 Å². The number of furan rings is 1. The lowest BCUT2D eigenvalue weighted by atomic mass is 10.1. The number of non-ortho nitro benzene ring substituents is 1. The first-order chi connectivity index (χ1) is 15.7. The van der Waals surface area contributed by atoms with E-state index in [0.717, 1.165) is 4.90 Å². The summed E-state index contributed by atoms with van der Waals surface area (Å²) in [5.74, 6) is -0.0228. The van der Waals surface area contributed by atoms with E-state index >= 15 is 0 Å². The van der Waals surface area contributed by atoms with Crippen molar-refractivity contribution in [2.45, 2.75) is 6.54 Å². The molecule has 0 unspecified atom stereocenters. The van der Waals surface area contributed by atoms with Crippen LogP contribution in [0.25, 0.3) is 17.4 Å². The van der Waals surface area contributed by atoms with Gasteiger partial charge in [0, 0.05) is 35.4 Å². The molecule has 4 rings (SSSR count). The summed E-state index contributed by atoms with van der Waals surface area (Å²) >= 11 is 6.81. The van der Waals surface area contributed by atoms with E-state index in [2.05, 4.69) is 0 Å². The Morgan fingerprint density at radius 3 is 2.48 bits per heavy atom. The van der Waals surface area contributed by atoms with Crippen LogP contribution in [0.15, 0.2) is 63.9 Å². The van der Waals surface area contributed by atoms with Crippen molar-refractivity contribution in [1.82, 2.24) is 4.90 Å². The van der Waals surface area contributed by atoms with E-state index in [0.29, 0.717) is 23.1 Å². The van der Waals surface area contributed by atoms with E-state index in [1.54, 1.807) is 18.2 Å². The number of hydrogen-bond acceptors (Lipinski definition) is 8. The smallest absolute Gasteiger partial charge is 0.293 e. The zero-order valence-corrected chi connectivity index (χ0v) is 18.0. The van der Waals surface area contributed by atoms with Crippen LogP contribution in [0.4, 0.5) is 16.2 Å². The molecule has 1 aliphatic heterocycles. The van der Waals surface area contributed by atoms with Crippen LogP contribution in [-0.4, -0.2) is 25.9 Å². The van der Waals surface area contributed by atoms with Crippen molar-refractivity contribution >= 4 is 52.0 Å². The molecule has 10 nitrogen and oxygen atoms in total. The number of nitro groups is 2. The Bertz CT molecular complexity index is 1350. The third-order valence-electron chi connectivity index (χ3n) is 4.72. The predicted molar refractivity (Wildman–Crippen MR) is 120 cm³/mol. The first kappa shape index (κ1) is 22.2. The molecule has 0 atom stereocenters. The van der Waals surface area contributed by atoms with Crippen LogP contribution >= 0.6 is 23.4 Å². The van der Waals surface area contributed by atoms with Crippen LogP contribution in [0, 0.1) is 20.2 Å². The summed E-state index contributed by atoms with van der Waals surface area (Å²) in [5.41, 5.74) is 0.310. The van der Waals surface area contributed by atoms with Crippen LogP contribution in [-0.2, 0) is 11.3 Å². The minimum atomic E-state index is -0.602. The van der Waals surface area contributed by atoms with Gasteiger partial charge < -0.3 is 4.42 Å². The van der Waals surface area contributed by atoms with Gasteiger partial charge in [0.15, 0.2) is 0 Å². The van der Waals surface area contributed by atoms with Crippen molar-refractivity contribution in [1.29, 1.82) is 0 Å². The van der Waals surface area contributed by atoms with Gasteiger partial charge in [0.25, 0.3) is 22.5 Å². The van der Waals surface area contributed by atoms with E-state index in [4.69, 9.17) is 16.0 Å². The molecule has 0 bridgehead atoms. The van der Waals surface area contributed by atoms with Gasteiger partial charge in [-0.3, -0.25) is 34.7 Å². The van der Waals surface area contributed by atoms with Gasteiger partial charge in [0.05, 0.1) is 26.3 Å². The number of rotatable bonds is 6. The molecule has 12 heteroatoms. The summed E-state index contributed by atoms with van der Waals surface area (Å²) in [7, 11) is 0. The maximum absolute atomic E-state index is 12.8. The van der Waals surface area contributed by atoms with E-state index in [-0.39, 0.29) is 39.2 Å². The fraction of sp³-hybridized carbons (Fsp3) is 0.0476. The number of hydrogen-bond donors (Lipinski definition) is 0. The average Bonchev–Trinajstić information content (AvgIpc) is 3.34. The highest BCUT2D eigenvalue weighted by atomic mass is 35.5. The third kappa shape index (κ3) is 4.49. The summed E-state index contributed by atoms with van der Waals surface area (Å²) < 4.78 is 5.69. The highest BCUT2D eigenvalue weighted by molar-refractivity contribution is 8.18. The van der Waals surface area contributed by atoms with Crippen molar-refractivity contribution in [2.24, 2.45) is 0 Å². The highest BCUT2D eigenvalue weighted by Gasteiger charge is 2.36. The minimum Gasteiger partial charge on any atom is -0.457 e. The SMILES string of the molecule is O=C1S/C(=C\c2ccc(-c3ccc([N+](=O)[O-])cc3Cl)o2)C(=O)N1Cc1ccccc1[N+](=O)[O-]. The number of imide groups is 1. The minimum absolute atomic E-state index is 0.0919. The molecule has 0 aliphatic carbocycles. The van der Waals surface area contributed by atoms with Crippen molar-refractivity contribution < 1.29 is 23.9 Å². The second-order valence-corrected chi connectivity index (χ2v) is 8.18. The molecule has 2 amide bonds. The van der Waals surface area contributed by atoms with Gasteiger partial charge in [-0.15, -0.1) is 0 Å². The van der Waals surface area contributed by atoms with E-state index < -0.39 is 21.0 Å². The lowest BCUT2D eigenvalue weighted by Crippen LogP contribution is -2.27. The van der Waals surface area contributed by atoms with Crippen molar-refractivity contribution in [3.8, 4) is 11.3 Å². The number of benzene rings is 2. The number of nitrogens with zero attached hydrogens (tertiary/aromatic N) is 3. The Balaban J connectivity index is 1.56. The van der Waals surface area contributed by atoms with E-state index in [1.165, 1.54) is 42.5 Å². The Kier molecular flexibility index (Phi) is 5.99. The number of carbonyl (C=O) groups excluding carboxylic acids is 2. The first-order valence-electron chi connectivity index (χ1n) is 9.26. The Labute approximate surface area is 194 Å². The maximum atomic E-state index is 12.8. The molecule has 3 aromatic rings. The number of nitro benzene ring substituents is 2. The zero-order chi connectivity index (χ0) is 23.7. The Morgan fingerprint density at radius 2 is 1.79 bits per heavy atom. The molecule has 0 radical (unpaired) electrons. The highest BCUT2D eigenvalue weighted by Crippen LogP contribution is 2.36. The first-order valence-corrected chi connectivity index (χ1v) is 10.5. The normalized spacial score (nSPS) is 14.8. The van der Waals surface area contributed by atoms with Crippen LogP contribution in [0.1, 0.15) is 11.3 Å². The quantitative estimate of drug-likeness (QED) is 0.248. The fourth-order valence-corrected chi connectivity index (χ4v) is 4.24. The molecule has 0 saturated carbocycles. The van der Waals surface area contributed by atoms with Crippen LogP contribution in [0.2, 0.25) is 5.02 Å². The van der Waals surface area contributed by atoms with Gasteiger partial charge >= 0.3 is 0 Å². The number of carbonyl (C=O) groups is 2. The van der Waals surface area contributed by atoms with Gasteiger partial charge in [0.2, 0.25) is 0 Å². The summed E-state index contributed by atoms with van der Waals surface area (Å²) in [5, 5.41) is 21.6. The van der Waals surface area contributed by atoms with Crippen molar-refractivity contribution in [2.75, 3.05) is 0 Å². The number of amides is 2. The maximum Gasteiger partial charge on any atom is 0.293 e. The molecule has 1 aliphatic rings. The summed E-state index contributed by atoms with van der Waals surface area (Å²) in [6.45, 7) is -0.235. The zero-order valence-electron chi connectivity index (χ0n) is 16.5. The molecule has 2 heterocycles. The largest absolute Gasteiger partial charge is 0.457 e. The molecule has 2 aromatic carbocycles. The summed E-state index contributed by atoms with van der Waals surface area (Å²) in [4.78, 5) is 47.1. The summed E-state index contributed by atoms with van der Waals surface area (Å²) in [6, 6.07) is 13.0. The van der Waals surface area contributed by atoms with Crippen molar-refractivity contribution in [3.05, 3.63) is 96.1 Å². The number of thioether (sulfide) groups is 1. The van der Waals surface area contributed by atoms with Gasteiger partial charge in [-0.25, -0.2) is 0 Å². The molecule has 1 aromatic heterocycles. The average molecular weight is 486 g/mol. The van der Waals surface area contributed by atoms with E-state index in [9.17, 15) is 29.8 Å². The fourth-order valence-electron chi connectivity index (χ4n) is 3.15.